The number of carboxylic acid groups (broad SMARTS) is 1. The molecule has 10 heteroatoms. The Balaban J connectivity index is 1.71. The minimum absolute atomic E-state index is 0.0197. The Hall–Kier alpha value is -3.59. The number of hydrogen-bond donors (Lipinski definition) is 4. The van der Waals surface area contributed by atoms with Gasteiger partial charge in [-0.25, -0.2) is 9.59 Å². The van der Waals surface area contributed by atoms with Crippen molar-refractivity contribution in [2.45, 2.75) is 57.7 Å². The number of carbonyl (C=O) groups is 4. The fourth-order valence-corrected chi connectivity index (χ4v) is 4.64. The largest absolute Gasteiger partial charge is 0.480 e. The molecular weight excluding hydrogens is 510 g/mol. The van der Waals surface area contributed by atoms with E-state index in [0.29, 0.717) is 24.4 Å². The summed E-state index contributed by atoms with van der Waals surface area (Å²) in [5.74, 6) is -2.58. The number of ether oxygens (including phenoxy) is 1. The van der Waals surface area contributed by atoms with Gasteiger partial charge in [-0.15, -0.1) is 0 Å². The second-order valence-electron chi connectivity index (χ2n) is 9.88. The number of rotatable bonds is 12. The van der Waals surface area contributed by atoms with Crippen LogP contribution in [0.5, 0.6) is 0 Å². The van der Waals surface area contributed by atoms with Crippen molar-refractivity contribution in [1.82, 2.24) is 16.0 Å². The minimum Gasteiger partial charge on any atom is -0.480 e. The average molecular weight is 544 g/mol. The zero-order valence-corrected chi connectivity index (χ0v) is 22.2. The molecule has 9 nitrogen and oxygen atoms in total. The first-order valence-electron chi connectivity index (χ1n) is 12.7. The highest BCUT2D eigenvalue weighted by atomic mass is 35.5. The van der Waals surface area contributed by atoms with Crippen LogP contribution in [-0.4, -0.2) is 47.6 Å². The lowest BCUT2D eigenvalue weighted by molar-refractivity contribution is -0.143. The van der Waals surface area contributed by atoms with Gasteiger partial charge in [-0.05, 0) is 48.4 Å². The van der Waals surface area contributed by atoms with Gasteiger partial charge in [0.1, 0.15) is 18.2 Å². The molecule has 0 aromatic heterocycles. The van der Waals surface area contributed by atoms with Crippen LogP contribution in [0.1, 0.15) is 50.3 Å². The van der Waals surface area contributed by atoms with Gasteiger partial charge in [0.2, 0.25) is 11.8 Å². The Labute approximate surface area is 227 Å². The van der Waals surface area contributed by atoms with E-state index in [9.17, 15) is 24.3 Å². The lowest BCUT2D eigenvalue weighted by Gasteiger charge is -2.25. The van der Waals surface area contributed by atoms with Crippen LogP contribution in [0, 0.1) is 11.8 Å². The molecule has 1 aliphatic rings. The molecule has 3 rings (SSSR count). The highest BCUT2D eigenvalue weighted by Gasteiger charge is 2.33. The second kappa shape index (κ2) is 13.8. The molecule has 38 heavy (non-hydrogen) atoms. The van der Waals surface area contributed by atoms with E-state index in [1.165, 1.54) is 0 Å². The molecule has 0 spiro atoms. The van der Waals surface area contributed by atoms with Gasteiger partial charge in [0.15, 0.2) is 0 Å². The van der Waals surface area contributed by atoms with Gasteiger partial charge in [-0.3, -0.25) is 9.59 Å². The number of halogens is 1. The maximum absolute atomic E-state index is 13.1. The highest BCUT2D eigenvalue weighted by molar-refractivity contribution is 6.30. The molecule has 0 bridgehead atoms. The number of alkyl carbamates (subject to hydrolysis) is 1. The molecular formula is C28H34ClN3O6. The summed E-state index contributed by atoms with van der Waals surface area (Å²) < 4.78 is 5.77. The quantitative estimate of drug-likeness (QED) is 0.321. The van der Waals surface area contributed by atoms with Crippen LogP contribution >= 0.6 is 11.6 Å². The van der Waals surface area contributed by atoms with Gasteiger partial charge in [-0.1, -0.05) is 67.9 Å². The third kappa shape index (κ3) is 8.76. The van der Waals surface area contributed by atoms with Gasteiger partial charge in [0.25, 0.3) is 0 Å². The SMILES string of the molecule is CC(C)C[C@H](NC(=O)OC(Cc1cccc(Cl)c1)c1ccccc1)C(=O)N[C@@H](C[C@@H]1CCNC1=O)C(=O)O. The summed E-state index contributed by atoms with van der Waals surface area (Å²) in [6.07, 6.45) is -0.341. The highest BCUT2D eigenvalue weighted by Crippen LogP contribution is 2.24. The summed E-state index contributed by atoms with van der Waals surface area (Å²) in [4.78, 5) is 49.9. The number of amides is 3. The van der Waals surface area contributed by atoms with E-state index < -0.39 is 42.1 Å². The number of carbonyl (C=O) groups excluding carboxylic acids is 3. The van der Waals surface area contributed by atoms with E-state index in [4.69, 9.17) is 16.3 Å². The minimum atomic E-state index is -1.26. The molecule has 0 radical (unpaired) electrons. The fraction of sp³-hybridized carbons (Fsp3) is 0.429. The van der Waals surface area contributed by atoms with E-state index in [2.05, 4.69) is 16.0 Å². The Kier molecular flexibility index (Phi) is 10.5. The van der Waals surface area contributed by atoms with E-state index >= 15 is 0 Å². The summed E-state index contributed by atoms with van der Waals surface area (Å²) >= 11 is 6.13. The Morgan fingerprint density at radius 2 is 1.82 bits per heavy atom. The van der Waals surface area contributed by atoms with Crippen LogP contribution in [0.15, 0.2) is 54.6 Å². The van der Waals surface area contributed by atoms with Crippen LogP contribution in [0.25, 0.3) is 0 Å². The van der Waals surface area contributed by atoms with Crippen molar-refractivity contribution < 1.29 is 29.0 Å². The molecule has 1 fully saturated rings. The summed E-state index contributed by atoms with van der Waals surface area (Å²) in [5, 5.41) is 18.0. The molecule has 3 amide bonds. The summed E-state index contributed by atoms with van der Waals surface area (Å²) in [6.45, 7) is 4.25. The van der Waals surface area contributed by atoms with Gasteiger partial charge < -0.3 is 25.8 Å². The monoisotopic (exact) mass is 543 g/mol. The predicted molar refractivity (Wildman–Crippen MR) is 142 cm³/mol. The van der Waals surface area contributed by atoms with Crippen LogP contribution < -0.4 is 16.0 Å². The third-order valence-electron chi connectivity index (χ3n) is 6.34. The van der Waals surface area contributed by atoms with E-state index in [1.54, 1.807) is 12.1 Å². The molecule has 1 saturated heterocycles. The standard InChI is InChI=1S/C28H34ClN3O6/c1-17(2)13-22(26(34)31-23(27(35)36)16-20-11-12-30-25(20)33)32-28(37)38-24(19-8-4-3-5-9-19)15-18-7-6-10-21(29)14-18/h3-10,14,17,20,22-24H,11-13,15-16H2,1-2H3,(H,30,33)(H,31,34)(H,32,37)(H,35,36)/t20-,22-,23-,24?/m0/s1. The maximum Gasteiger partial charge on any atom is 0.408 e. The van der Waals surface area contributed by atoms with Crippen LogP contribution in [-0.2, 0) is 25.5 Å². The molecule has 2 aromatic rings. The fourth-order valence-electron chi connectivity index (χ4n) is 4.43. The van der Waals surface area contributed by atoms with Crippen molar-refractivity contribution in [3.05, 3.63) is 70.7 Å². The van der Waals surface area contributed by atoms with E-state index in [1.807, 2.05) is 56.3 Å². The lowest BCUT2D eigenvalue weighted by atomic mass is 9.97. The number of carboxylic acids is 1. The first-order valence-corrected chi connectivity index (χ1v) is 13.1. The van der Waals surface area contributed by atoms with Crippen LogP contribution in [0.4, 0.5) is 4.79 Å². The van der Waals surface area contributed by atoms with Gasteiger partial charge in [0.05, 0.1) is 0 Å². The topological polar surface area (TPSA) is 134 Å². The number of benzene rings is 2. The summed E-state index contributed by atoms with van der Waals surface area (Å²) in [5.41, 5.74) is 1.64. The Morgan fingerprint density at radius 1 is 1.08 bits per heavy atom. The molecule has 4 N–H and O–H groups in total. The molecule has 1 unspecified atom stereocenters. The molecule has 1 aliphatic heterocycles. The van der Waals surface area contributed by atoms with Gasteiger partial charge in [-0.2, -0.15) is 0 Å². The van der Waals surface area contributed by atoms with Gasteiger partial charge >= 0.3 is 12.1 Å². The molecule has 0 aliphatic carbocycles. The third-order valence-corrected chi connectivity index (χ3v) is 6.58. The van der Waals surface area contributed by atoms with Crippen molar-refractivity contribution in [3.8, 4) is 0 Å². The van der Waals surface area contributed by atoms with Crippen molar-refractivity contribution in [2.75, 3.05) is 6.54 Å². The van der Waals surface area contributed by atoms with Crippen LogP contribution in [0.3, 0.4) is 0 Å². The van der Waals surface area contributed by atoms with E-state index in [-0.39, 0.29) is 24.7 Å². The maximum atomic E-state index is 13.1. The lowest BCUT2D eigenvalue weighted by Crippen LogP contribution is -2.52. The van der Waals surface area contributed by atoms with Crippen LogP contribution in [0.2, 0.25) is 5.02 Å². The number of hydrogen-bond acceptors (Lipinski definition) is 5. The molecule has 2 aromatic carbocycles. The van der Waals surface area contributed by atoms with Crippen molar-refractivity contribution in [3.63, 3.8) is 0 Å². The molecule has 0 saturated carbocycles. The molecule has 4 atom stereocenters. The number of aliphatic carboxylic acids is 1. The number of nitrogens with one attached hydrogen (secondary N) is 3. The van der Waals surface area contributed by atoms with Crippen molar-refractivity contribution >= 4 is 35.5 Å². The zero-order chi connectivity index (χ0) is 27.7. The smallest absolute Gasteiger partial charge is 0.408 e. The second-order valence-corrected chi connectivity index (χ2v) is 10.3. The average Bonchev–Trinajstić information content (AvgIpc) is 3.27. The molecule has 1 heterocycles. The summed E-state index contributed by atoms with van der Waals surface area (Å²) in [6, 6.07) is 14.2. The molecule has 204 valence electrons. The van der Waals surface area contributed by atoms with Gasteiger partial charge in [0, 0.05) is 23.9 Å². The first kappa shape index (κ1) is 29.0. The zero-order valence-electron chi connectivity index (χ0n) is 21.5. The normalized spacial score (nSPS) is 17.3. The summed E-state index contributed by atoms with van der Waals surface area (Å²) in [7, 11) is 0. The Bertz CT molecular complexity index is 1130. The first-order chi connectivity index (χ1) is 18.1. The van der Waals surface area contributed by atoms with Crippen molar-refractivity contribution in [1.29, 1.82) is 0 Å². The predicted octanol–water partition coefficient (Wildman–Crippen LogP) is 3.86. The van der Waals surface area contributed by atoms with Crippen molar-refractivity contribution in [2.24, 2.45) is 11.8 Å². The van der Waals surface area contributed by atoms with E-state index in [0.717, 1.165) is 11.1 Å². The Morgan fingerprint density at radius 3 is 2.42 bits per heavy atom.